The molecule has 7 heteroatoms. The van der Waals surface area contributed by atoms with E-state index in [4.69, 9.17) is 5.73 Å². The monoisotopic (exact) mass is 302 g/mol. The van der Waals surface area contributed by atoms with Crippen LogP contribution in [-0.2, 0) is 22.2 Å². The largest absolute Gasteiger partial charge is 0.416 e. The molecule has 2 amide bonds. The molecule has 1 unspecified atom stereocenters. The van der Waals surface area contributed by atoms with E-state index in [-0.39, 0.29) is 18.9 Å². The number of hydrogen-bond donors (Lipinski definition) is 1. The summed E-state index contributed by atoms with van der Waals surface area (Å²) in [5.74, 6) is -1.53. The van der Waals surface area contributed by atoms with Crippen molar-refractivity contribution in [2.24, 2.45) is 11.7 Å². The molecule has 1 atom stereocenters. The average molecular weight is 302 g/mol. The van der Waals surface area contributed by atoms with Crippen molar-refractivity contribution in [3.05, 3.63) is 35.4 Å². The molecular formula is C14H17F3N2O2. The molecule has 0 bridgehead atoms. The van der Waals surface area contributed by atoms with Crippen LogP contribution < -0.4 is 5.73 Å². The van der Waals surface area contributed by atoms with Crippen molar-refractivity contribution in [2.45, 2.75) is 19.5 Å². The van der Waals surface area contributed by atoms with Gasteiger partial charge in [-0.25, -0.2) is 0 Å². The van der Waals surface area contributed by atoms with Gasteiger partial charge >= 0.3 is 6.18 Å². The number of carbonyl (C=O) groups excluding carboxylic acids is 2. The second-order valence-corrected chi connectivity index (χ2v) is 4.96. The van der Waals surface area contributed by atoms with Crippen molar-refractivity contribution in [2.75, 3.05) is 13.6 Å². The fourth-order valence-corrected chi connectivity index (χ4v) is 2.00. The second kappa shape index (κ2) is 6.60. The predicted molar refractivity (Wildman–Crippen MR) is 71.1 cm³/mol. The van der Waals surface area contributed by atoms with Gasteiger partial charge in [0.25, 0.3) is 0 Å². The van der Waals surface area contributed by atoms with Crippen LogP contribution in [0, 0.1) is 5.92 Å². The first kappa shape index (κ1) is 17.0. The molecule has 1 rings (SSSR count). The summed E-state index contributed by atoms with van der Waals surface area (Å²) in [5, 5.41) is 0. The van der Waals surface area contributed by atoms with Crippen LogP contribution in [-0.4, -0.2) is 30.3 Å². The number of likely N-dealkylation sites (N-methyl/N-ethyl adjacent to an activating group) is 1. The Balaban J connectivity index is 2.77. The molecule has 1 aromatic carbocycles. The number of carbonyl (C=O) groups is 2. The van der Waals surface area contributed by atoms with E-state index in [9.17, 15) is 22.8 Å². The Kier molecular flexibility index (Phi) is 5.34. The van der Waals surface area contributed by atoms with Gasteiger partial charge in [-0.1, -0.05) is 25.1 Å². The third-order valence-corrected chi connectivity index (χ3v) is 2.99. The molecule has 0 saturated carbocycles. The summed E-state index contributed by atoms with van der Waals surface area (Å²) in [7, 11) is 1.43. The summed E-state index contributed by atoms with van der Waals surface area (Å²) in [4.78, 5) is 23.9. The number of halogens is 3. The maximum atomic E-state index is 12.6. The first-order valence-corrected chi connectivity index (χ1v) is 6.30. The summed E-state index contributed by atoms with van der Waals surface area (Å²) >= 11 is 0. The van der Waals surface area contributed by atoms with E-state index in [1.165, 1.54) is 24.1 Å². The zero-order chi connectivity index (χ0) is 16.2. The quantitative estimate of drug-likeness (QED) is 0.902. The zero-order valence-electron chi connectivity index (χ0n) is 11.8. The maximum absolute atomic E-state index is 12.6. The third-order valence-electron chi connectivity index (χ3n) is 2.99. The van der Waals surface area contributed by atoms with Gasteiger partial charge in [-0.2, -0.15) is 13.2 Å². The molecule has 0 aliphatic heterocycles. The van der Waals surface area contributed by atoms with Crippen LogP contribution in [0.25, 0.3) is 0 Å². The Hall–Kier alpha value is -2.05. The molecule has 0 aliphatic rings. The van der Waals surface area contributed by atoms with Crippen molar-refractivity contribution in [1.82, 2.24) is 4.90 Å². The lowest BCUT2D eigenvalue weighted by Gasteiger charge is -2.20. The number of primary amides is 1. The van der Waals surface area contributed by atoms with E-state index in [0.717, 1.165) is 12.1 Å². The molecule has 2 N–H and O–H groups in total. The fraction of sp³-hybridized carbons (Fsp3) is 0.429. The number of alkyl halides is 3. The Bertz CT molecular complexity index is 529. The van der Waals surface area contributed by atoms with Crippen LogP contribution in [0.3, 0.4) is 0 Å². The topological polar surface area (TPSA) is 63.4 Å². The minimum Gasteiger partial charge on any atom is -0.368 e. The highest BCUT2D eigenvalue weighted by Crippen LogP contribution is 2.30. The summed E-state index contributed by atoms with van der Waals surface area (Å²) in [6.07, 6.45) is -4.25. The van der Waals surface area contributed by atoms with Crippen LogP contribution in [0.4, 0.5) is 13.2 Å². The van der Waals surface area contributed by atoms with E-state index in [0.29, 0.717) is 5.56 Å². The van der Waals surface area contributed by atoms with E-state index in [1.54, 1.807) is 6.92 Å². The number of hydrogen-bond acceptors (Lipinski definition) is 2. The lowest BCUT2D eigenvalue weighted by atomic mass is 9.98. The van der Waals surface area contributed by atoms with Crippen molar-refractivity contribution >= 4 is 11.8 Å². The van der Waals surface area contributed by atoms with Gasteiger partial charge in [0, 0.05) is 13.0 Å². The molecule has 0 heterocycles. The van der Waals surface area contributed by atoms with Crippen LogP contribution in [0.1, 0.15) is 18.1 Å². The minimum atomic E-state index is -4.41. The highest BCUT2D eigenvalue weighted by Gasteiger charge is 2.30. The third kappa shape index (κ3) is 5.09. The fourth-order valence-electron chi connectivity index (χ4n) is 2.00. The Morgan fingerprint density at radius 1 is 1.33 bits per heavy atom. The molecule has 0 aromatic heterocycles. The van der Waals surface area contributed by atoms with Crippen LogP contribution in [0.2, 0.25) is 0 Å². The second-order valence-electron chi connectivity index (χ2n) is 4.96. The number of nitrogens with two attached hydrogens (primary N) is 1. The van der Waals surface area contributed by atoms with Gasteiger partial charge < -0.3 is 10.6 Å². The molecule has 0 aliphatic carbocycles. The van der Waals surface area contributed by atoms with E-state index in [2.05, 4.69) is 0 Å². The molecule has 4 nitrogen and oxygen atoms in total. The first-order valence-electron chi connectivity index (χ1n) is 6.30. The van der Waals surface area contributed by atoms with Gasteiger partial charge in [0.1, 0.15) is 0 Å². The highest BCUT2D eigenvalue weighted by atomic mass is 19.4. The van der Waals surface area contributed by atoms with Gasteiger partial charge in [-0.15, -0.1) is 0 Å². The molecule has 116 valence electrons. The maximum Gasteiger partial charge on any atom is 0.416 e. The normalized spacial score (nSPS) is 12.8. The lowest BCUT2D eigenvalue weighted by Crippen LogP contribution is -2.38. The van der Waals surface area contributed by atoms with Crippen LogP contribution in [0.15, 0.2) is 24.3 Å². The summed E-state index contributed by atoms with van der Waals surface area (Å²) < 4.78 is 37.8. The van der Waals surface area contributed by atoms with E-state index < -0.39 is 23.6 Å². The van der Waals surface area contributed by atoms with Gasteiger partial charge in [0.15, 0.2) is 0 Å². The number of amides is 2. The molecule has 21 heavy (non-hydrogen) atoms. The molecular weight excluding hydrogens is 285 g/mol. The van der Waals surface area contributed by atoms with Gasteiger partial charge in [0.2, 0.25) is 11.8 Å². The Morgan fingerprint density at radius 3 is 2.48 bits per heavy atom. The number of benzene rings is 1. The predicted octanol–water partition coefficient (Wildman–Crippen LogP) is 1.83. The summed E-state index contributed by atoms with van der Waals surface area (Å²) in [6.45, 7) is 1.38. The van der Waals surface area contributed by atoms with Crippen LogP contribution in [0.5, 0.6) is 0 Å². The highest BCUT2D eigenvalue weighted by molar-refractivity contribution is 5.84. The molecule has 0 saturated heterocycles. The zero-order valence-corrected chi connectivity index (χ0v) is 11.8. The van der Waals surface area contributed by atoms with Gasteiger partial charge in [-0.3, -0.25) is 9.59 Å². The lowest BCUT2D eigenvalue weighted by molar-refractivity contribution is -0.137. The summed E-state index contributed by atoms with van der Waals surface area (Å²) in [5.41, 5.74) is 4.66. The van der Waals surface area contributed by atoms with Crippen molar-refractivity contribution in [1.29, 1.82) is 0 Å². The Morgan fingerprint density at radius 2 is 1.95 bits per heavy atom. The van der Waals surface area contributed by atoms with E-state index in [1.807, 2.05) is 0 Å². The standard InChI is InChI=1S/C14H17F3N2O2/c1-9(13(21)19(2)8-12(18)20)6-10-4-3-5-11(7-10)14(15,16)17/h3-5,7,9H,6,8H2,1-2H3,(H2,18,20). The van der Waals surface area contributed by atoms with Gasteiger partial charge in [-0.05, 0) is 18.1 Å². The summed E-state index contributed by atoms with van der Waals surface area (Å²) in [6, 6.07) is 4.85. The van der Waals surface area contributed by atoms with Crippen LogP contribution >= 0.6 is 0 Å². The smallest absolute Gasteiger partial charge is 0.368 e. The average Bonchev–Trinajstić information content (AvgIpc) is 2.36. The number of nitrogens with zero attached hydrogens (tertiary/aromatic N) is 1. The van der Waals surface area contributed by atoms with Crippen molar-refractivity contribution in [3.63, 3.8) is 0 Å². The molecule has 1 aromatic rings. The molecule has 0 radical (unpaired) electrons. The molecule has 0 fully saturated rings. The SMILES string of the molecule is CC(Cc1cccc(C(F)(F)F)c1)C(=O)N(C)CC(N)=O. The van der Waals surface area contributed by atoms with E-state index >= 15 is 0 Å². The Labute approximate surface area is 120 Å². The molecule has 0 spiro atoms. The number of rotatable bonds is 5. The van der Waals surface area contributed by atoms with Crippen molar-refractivity contribution < 1.29 is 22.8 Å². The van der Waals surface area contributed by atoms with Gasteiger partial charge in [0.05, 0.1) is 12.1 Å². The minimum absolute atomic E-state index is 0.159. The van der Waals surface area contributed by atoms with Crippen molar-refractivity contribution in [3.8, 4) is 0 Å². The first-order chi connectivity index (χ1) is 9.61.